The van der Waals surface area contributed by atoms with Crippen molar-refractivity contribution in [2.75, 3.05) is 45.1 Å². The SMILES string of the molecule is CCSC(c1nnc(-c2ccc(C(=O)NCCCN3CCOCC3)cc2)o1)c1ccccc1O. The van der Waals surface area contributed by atoms with Gasteiger partial charge < -0.3 is 19.6 Å². The molecule has 34 heavy (non-hydrogen) atoms. The number of phenolic OH excluding ortho intramolecular Hbond substituents is 1. The van der Waals surface area contributed by atoms with Gasteiger partial charge in [0.2, 0.25) is 11.8 Å². The Morgan fingerprint density at radius 1 is 1.15 bits per heavy atom. The molecule has 2 N–H and O–H groups in total. The van der Waals surface area contributed by atoms with E-state index in [0.29, 0.717) is 23.9 Å². The van der Waals surface area contributed by atoms with Crippen molar-refractivity contribution >= 4 is 17.7 Å². The third-order valence-electron chi connectivity index (χ3n) is 5.65. The topological polar surface area (TPSA) is 101 Å². The van der Waals surface area contributed by atoms with E-state index in [4.69, 9.17) is 9.15 Å². The first kappa shape index (κ1) is 24.3. The van der Waals surface area contributed by atoms with Gasteiger partial charge in [-0.2, -0.15) is 0 Å². The van der Waals surface area contributed by atoms with Crippen LogP contribution in [-0.4, -0.2) is 71.3 Å². The highest BCUT2D eigenvalue weighted by Gasteiger charge is 2.24. The number of hydrogen-bond acceptors (Lipinski definition) is 8. The molecule has 0 bridgehead atoms. The molecular formula is C25H30N4O4S. The minimum Gasteiger partial charge on any atom is -0.508 e. The molecule has 1 amide bonds. The maximum atomic E-state index is 12.5. The van der Waals surface area contributed by atoms with Crippen molar-refractivity contribution in [2.45, 2.75) is 18.6 Å². The Morgan fingerprint density at radius 3 is 2.65 bits per heavy atom. The molecule has 2 aromatic carbocycles. The molecular weight excluding hydrogens is 452 g/mol. The van der Waals surface area contributed by atoms with Crippen molar-refractivity contribution in [3.05, 3.63) is 65.5 Å². The molecule has 9 heteroatoms. The molecule has 3 aromatic rings. The minimum absolute atomic E-state index is 0.0984. The first-order valence-electron chi connectivity index (χ1n) is 11.6. The Balaban J connectivity index is 1.35. The Bertz CT molecular complexity index is 1070. The number of rotatable bonds is 10. The highest BCUT2D eigenvalue weighted by molar-refractivity contribution is 7.99. The zero-order chi connectivity index (χ0) is 23.8. The quantitative estimate of drug-likeness (QED) is 0.422. The summed E-state index contributed by atoms with van der Waals surface area (Å²) < 4.78 is 11.3. The second-order valence-corrected chi connectivity index (χ2v) is 9.36. The number of nitrogens with zero attached hydrogens (tertiary/aromatic N) is 3. The van der Waals surface area contributed by atoms with Crippen LogP contribution >= 0.6 is 11.8 Å². The van der Waals surface area contributed by atoms with Gasteiger partial charge in [-0.05, 0) is 49.1 Å². The highest BCUT2D eigenvalue weighted by Crippen LogP contribution is 2.39. The van der Waals surface area contributed by atoms with Crippen molar-refractivity contribution < 1.29 is 19.1 Å². The summed E-state index contributed by atoms with van der Waals surface area (Å²) in [5.74, 6) is 1.75. The fraction of sp³-hybridized carbons (Fsp3) is 0.400. The lowest BCUT2D eigenvalue weighted by Gasteiger charge is -2.26. The maximum Gasteiger partial charge on any atom is 0.251 e. The molecule has 1 saturated heterocycles. The van der Waals surface area contributed by atoms with E-state index in [9.17, 15) is 9.90 Å². The van der Waals surface area contributed by atoms with E-state index in [1.54, 1.807) is 36.0 Å². The normalized spacial score (nSPS) is 15.2. The number of carbonyl (C=O) groups is 1. The lowest BCUT2D eigenvalue weighted by atomic mass is 10.1. The van der Waals surface area contributed by atoms with Gasteiger partial charge >= 0.3 is 0 Å². The number of hydrogen-bond donors (Lipinski definition) is 2. The summed E-state index contributed by atoms with van der Waals surface area (Å²) >= 11 is 1.61. The second kappa shape index (κ2) is 12.0. The van der Waals surface area contributed by atoms with E-state index in [1.807, 2.05) is 31.2 Å². The number of thioether (sulfide) groups is 1. The van der Waals surface area contributed by atoms with Crippen LogP contribution in [-0.2, 0) is 4.74 Å². The Labute approximate surface area is 203 Å². The summed E-state index contributed by atoms with van der Waals surface area (Å²) in [5, 5.41) is 21.4. The molecule has 1 atom stereocenters. The molecule has 0 spiro atoms. The number of nitrogens with one attached hydrogen (secondary N) is 1. The molecule has 0 radical (unpaired) electrons. The number of benzene rings is 2. The van der Waals surface area contributed by atoms with Crippen molar-refractivity contribution in [3.63, 3.8) is 0 Å². The molecule has 4 rings (SSSR count). The van der Waals surface area contributed by atoms with Gasteiger partial charge in [0.05, 0.1) is 13.2 Å². The van der Waals surface area contributed by atoms with Crippen molar-refractivity contribution in [1.29, 1.82) is 0 Å². The third kappa shape index (κ3) is 6.16. The number of amides is 1. The van der Waals surface area contributed by atoms with Gasteiger partial charge in [0.1, 0.15) is 11.0 Å². The molecule has 8 nitrogen and oxygen atoms in total. The molecule has 1 aliphatic heterocycles. The van der Waals surface area contributed by atoms with E-state index < -0.39 is 0 Å². The van der Waals surface area contributed by atoms with E-state index in [2.05, 4.69) is 20.4 Å². The van der Waals surface area contributed by atoms with E-state index in [0.717, 1.165) is 56.1 Å². The number of morpholine rings is 1. The lowest BCUT2D eigenvalue weighted by Crippen LogP contribution is -2.38. The summed E-state index contributed by atoms with van der Waals surface area (Å²) in [7, 11) is 0. The molecule has 2 heterocycles. The Morgan fingerprint density at radius 2 is 1.91 bits per heavy atom. The monoisotopic (exact) mass is 482 g/mol. The predicted molar refractivity (Wildman–Crippen MR) is 132 cm³/mol. The molecule has 0 saturated carbocycles. The molecule has 1 aliphatic rings. The number of phenols is 1. The van der Waals surface area contributed by atoms with E-state index in [-0.39, 0.29) is 16.9 Å². The van der Waals surface area contributed by atoms with Crippen molar-refractivity contribution in [1.82, 2.24) is 20.4 Å². The summed E-state index contributed by atoms with van der Waals surface area (Å²) in [6.45, 7) is 7.11. The average Bonchev–Trinajstić information content (AvgIpc) is 3.36. The van der Waals surface area contributed by atoms with Crippen LogP contribution in [0.5, 0.6) is 5.75 Å². The summed E-state index contributed by atoms with van der Waals surface area (Å²) in [6, 6.07) is 14.3. The van der Waals surface area contributed by atoms with Gasteiger partial charge in [0, 0.05) is 36.3 Å². The van der Waals surface area contributed by atoms with Crippen LogP contribution in [0.2, 0.25) is 0 Å². The van der Waals surface area contributed by atoms with Crippen LogP contribution in [0.1, 0.15) is 40.4 Å². The molecule has 0 aliphatic carbocycles. The fourth-order valence-electron chi connectivity index (χ4n) is 3.82. The van der Waals surface area contributed by atoms with Gasteiger partial charge in [-0.15, -0.1) is 22.0 Å². The number of aromatic hydroxyl groups is 1. The van der Waals surface area contributed by atoms with Crippen LogP contribution in [0, 0.1) is 0 Å². The largest absolute Gasteiger partial charge is 0.508 e. The molecule has 1 fully saturated rings. The summed E-state index contributed by atoms with van der Waals surface area (Å²) in [6.07, 6.45) is 0.905. The van der Waals surface area contributed by atoms with Crippen LogP contribution in [0.3, 0.4) is 0 Å². The number of aromatic nitrogens is 2. The van der Waals surface area contributed by atoms with Crippen LogP contribution < -0.4 is 5.32 Å². The molecule has 180 valence electrons. The van der Waals surface area contributed by atoms with Gasteiger partial charge in [-0.25, -0.2) is 0 Å². The van der Waals surface area contributed by atoms with E-state index >= 15 is 0 Å². The van der Waals surface area contributed by atoms with Gasteiger partial charge in [-0.3, -0.25) is 9.69 Å². The minimum atomic E-state index is -0.255. The van der Waals surface area contributed by atoms with Crippen molar-refractivity contribution in [2.24, 2.45) is 0 Å². The summed E-state index contributed by atoms with van der Waals surface area (Å²) in [4.78, 5) is 14.8. The Kier molecular flexibility index (Phi) is 8.56. The number of carbonyl (C=O) groups excluding carboxylic acids is 1. The first-order chi connectivity index (χ1) is 16.7. The number of para-hydroxylation sites is 1. The van der Waals surface area contributed by atoms with Crippen molar-refractivity contribution in [3.8, 4) is 17.2 Å². The predicted octanol–water partition coefficient (Wildman–Crippen LogP) is 3.74. The average molecular weight is 483 g/mol. The highest BCUT2D eigenvalue weighted by atomic mass is 32.2. The fourth-order valence-corrected chi connectivity index (χ4v) is 4.77. The maximum absolute atomic E-state index is 12.5. The van der Waals surface area contributed by atoms with Crippen LogP contribution in [0.4, 0.5) is 0 Å². The first-order valence-corrected chi connectivity index (χ1v) is 12.6. The zero-order valence-corrected chi connectivity index (χ0v) is 20.1. The van der Waals surface area contributed by atoms with Crippen LogP contribution in [0.15, 0.2) is 52.9 Å². The number of ether oxygens (including phenoxy) is 1. The lowest BCUT2D eigenvalue weighted by molar-refractivity contribution is 0.0374. The van der Waals surface area contributed by atoms with Gasteiger partial charge in [0.25, 0.3) is 5.91 Å². The third-order valence-corrected chi connectivity index (χ3v) is 6.77. The molecule has 1 aromatic heterocycles. The van der Waals surface area contributed by atoms with E-state index in [1.165, 1.54) is 0 Å². The molecule has 1 unspecified atom stereocenters. The zero-order valence-electron chi connectivity index (χ0n) is 19.3. The van der Waals surface area contributed by atoms with Gasteiger partial charge in [-0.1, -0.05) is 25.1 Å². The van der Waals surface area contributed by atoms with Crippen LogP contribution in [0.25, 0.3) is 11.5 Å². The smallest absolute Gasteiger partial charge is 0.251 e. The summed E-state index contributed by atoms with van der Waals surface area (Å²) in [5.41, 5.74) is 2.06. The van der Waals surface area contributed by atoms with Gasteiger partial charge in [0.15, 0.2) is 0 Å². The second-order valence-electron chi connectivity index (χ2n) is 7.98. The standard InChI is InChI=1S/C25H30N4O4S/c1-2-34-22(20-6-3-4-7-21(20)30)25-28-27-24(33-25)19-10-8-18(9-11-19)23(31)26-12-5-13-29-14-16-32-17-15-29/h3-4,6-11,22,30H,2,5,12-17H2,1H3,(H,26,31). The Hall–Kier alpha value is -2.88.